The van der Waals surface area contributed by atoms with Gasteiger partial charge in [0.15, 0.2) is 4.34 Å². The largest absolute Gasteiger partial charge is 0.444 e. The Hall–Kier alpha value is -0.950. The molecule has 0 saturated carbocycles. The number of hydrogen-bond acceptors (Lipinski definition) is 5. The molecule has 0 spiro atoms. The molecule has 0 bridgehead atoms. The highest BCUT2D eigenvalue weighted by Gasteiger charge is 2.31. The van der Waals surface area contributed by atoms with Crippen molar-refractivity contribution in [3.05, 3.63) is 11.6 Å². The molecular weight excluding hydrogens is 296 g/mol. The molecule has 1 aliphatic heterocycles. The van der Waals surface area contributed by atoms with Crippen molar-refractivity contribution in [3.8, 4) is 0 Å². The van der Waals surface area contributed by atoms with Gasteiger partial charge in [-0.1, -0.05) is 0 Å². The quantitative estimate of drug-likeness (QED) is 0.859. The SMILES string of the molecule is CC(C)(C)OC(=O)N1CC[C@@H](C[S@@](=O)c2nccs2)C1. The zero-order chi connectivity index (χ0) is 14.8. The van der Waals surface area contributed by atoms with Gasteiger partial charge >= 0.3 is 6.09 Å². The first-order chi connectivity index (χ1) is 9.35. The lowest BCUT2D eigenvalue weighted by Crippen LogP contribution is -2.35. The highest BCUT2D eigenvalue weighted by molar-refractivity contribution is 7.87. The minimum atomic E-state index is -1.06. The van der Waals surface area contributed by atoms with Crippen LogP contribution in [0, 0.1) is 5.92 Å². The van der Waals surface area contributed by atoms with E-state index in [1.807, 2.05) is 26.2 Å². The van der Waals surface area contributed by atoms with E-state index in [1.165, 1.54) is 11.3 Å². The first-order valence-electron chi connectivity index (χ1n) is 6.61. The van der Waals surface area contributed by atoms with E-state index in [-0.39, 0.29) is 12.0 Å². The van der Waals surface area contributed by atoms with Crippen molar-refractivity contribution in [3.63, 3.8) is 0 Å². The Morgan fingerprint density at radius 1 is 1.60 bits per heavy atom. The van der Waals surface area contributed by atoms with Crippen molar-refractivity contribution in [2.45, 2.75) is 37.1 Å². The molecule has 0 aliphatic carbocycles. The van der Waals surface area contributed by atoms with Crippen LogP contribution in [0.5, 0.6) is 0 Å². The van der Waals surface area contributed by atoms with Crippen LogP contribution in [0.4, 0.5) is 4.79 Å². The minimum absolute atomic E-state index is 0.257. The second kappa shape index (κ2) is 6.22. The predicted octanol–water partition coefficient (Wildman–Crippen LogP) is 2.51. The Balaban J connectivity index is 1.83. The first kappa shape index (κ1) is 15.4. The van der Waals surface area contributed by atoms with Crippen molar-refractivity contribution in [1.82, 2.24) is 9.88 Å². The van der Waals surface area contributed by atoms with Gasteiger partial charge in [0.25, 0.3) is 0 Å². The summed E-state index contributed by atoms with van der Waals surface area (Å²) in [5, 5.41) is 1.83. The average molecular weight is 316 g/mol. The van der Waals surface area contributed by atoms with Crippen molar-refractivity contribution in [1.29, 1.82) is 0 Å². The Morgan fingerprint density at radius 2 is 2.35 bits per heavy atom. The number of amides is 1. The Morgan fingerprint density at radius 3 is 2.95 bits per heavy atom. The standard InChI is InChI=1S/C13H20N2O3S2/c1-13(2,3)18-12(16)15-6-4-10(8-15)9-20(17)11-14-5-7-19-11/h5,7,10H,4,6,8-9H2,1-3H3/t10-,20-/m1/s1. The number of carbonyl (C=O) groups is 1. The third kappa shape index (κ3) is 4.28. The van der Waals surface area contributed by atoms with E-state index < -0.39 is 16.4 Å². The number of nitrogens with zero attached hydrogens (tertiary/aromatic N) is 2. The van der Waals surface area contributed by atoms with Gasteiger partial charge in [0.1, 0.15) is 5.60 Å². The molecular formula is C13H20N2O3S2. The van der Waals surface area contributed by atoms with Gasteiger partial charge in [-0.3, -0.25) is 4.21 Å². The maximum absolute atomic E-state index is 12.1. The van der Waals surface area contributed by atoms with Crippen LogP contribution in [0.25, 0.3) is 0 Å². The van der Waals surface area contributed by atoms with Crippen molar-refractivity contribution < 1.29 is 13.7 Å². The van der Waals surface area contributed by atoms with E-state index >= 15 is 0 Å². The zero-order valence-corrected chi connectivity index (χ0v) is 13.6. The number of rotatable bonds is 3. The fourth-order valence-corrected chi connectivity index (χ4v) is 4.25. The highest BCUT2D eigenvalue weighted by Crippen LogP contribution is 2.22. The number of aromatic nitrogens is 1. The third-order valence-corrected chi connectivity index (χ3v) is 5.61. The van der Waals surface area contributed by atoms with Gasteiger partial charge in [-0.05, 0) is 33.1 Å². The molecule has 1 saturated heterocycles. The molecule has 5 nitrogen and oxygen atoms in total. The Labute approximate surface area is 125 Å². The summed E-state index contributed by atoms with van der Waals surface area (Å²) in [7, 11) is -1.06. The van der Waals surface area contributed by atoms with Crippen LogP contribution in [-0.2, 0) is 15.5 Å². The average Bonchev–Trinajstić information content (AvgIpc) is 2.97. The molecule has 2 rings (SSSR count). The third-order valence-electron chi connectivity index (χ3n) is 2.93. The van der Waals surface area contributed by atoms with Gasteiger partial charge in [-0.2, -0.15) is 0 Å². The van der Waals surface area contributed by atoms with Gasteiger partial charge < -0.3 is 9.64 Å². The molecule has 1 aromatic rings. The Bertz CT molecular complexity index is 482. The maximum Gasteiger partial charge on any atom is 0.410 e. The van der Waals surface area contributed by atoms with Gasteiger partial charge in [0.05, 0.1) is 10.8 Å². The minimum Gasteiger partial charge on any atom is -0.444 e. The van der Waals surface area contributed by atoms with Crippen molar-refractivity contribution >= 4 is 28.2 Å². The second-order valence-corrected chi connectivity index (χ2v) is 8.46. The highest BCUT2D eigenvalue weighted by atomic mass is 32.2. The van der Waals surface area contributed by atoms with Crippen LogP contribution >= 0.6 is 11.3 Å². The number of carbonyl (C=O) groups excluding carboxylic acids is 1. The van der Waals surface area contributed by atoms with Crippen LogP contribution < -0.4 is 0 Å². The molecule has 2 atom stereocenters. The zero-order valence-electron chi connectivity index (χ0n) is 12.0. The molecule has 112 valence electrons. The van der Waals surface area contributed by atoms with Gasteiger partial charge in [0.2, 0.25) is 0 Å². The van der Waals surface area contributed by atoms with Gasteiger partial charge in [-0.15, -0.1) is 11.3 Å². The Kier molecular flexibility index (Phi) is 4.80. The van der Waals surface area contributed by atoms with E-state index in [9.17, 15) is 9.00 Å². The summed E-state index contributed by atoms with van der Waals surface area (Å²) in [6.07, 6.45) is 2.26. The van der Waals surface area contributed by atoms with E-state index in [0.29, 0.717) is 23.2 Å². The smallest absolute Gasteiger partial charge is 0.410 e. The van der Waals surface area contributed by atoms with E-state index in [2.05, 4.69) is 4.98 Å². The topological polar surface area (TPSA) is 59.5 Å². The van der Waals surface area contributed by atoms with Gasteiger partial charge in [0, 0.05) is 30.4 Å². The molecule has 7 heteroatoms. The summed E-state index contributed by atoms with van der Waals surface area (Å²) in [5.74, 6) is 0.819. The number of ether oxygens (including phenoxy) is 1. The van der Waals surface area contributed by atoms with E-state index in [1.54, 1.807) is 11.1 Å². The fraction of sp³-hybridized carbons (Fsp3) is 0.692. The number of thiazole rings is 1. The summed E-state index contributed by atoms with van der Waals surface area (Å²) in [5.41, 5.74) is -0.473. The summed E-state index contributed by atoms with van der Waals surface area (Å²) in [6.45, 7) is 6.86. The molecule has 0 aromatic carbocycles. The maximum atomic E-state index is 12.1. The summed E-state index contributed by atoms with van der Waals surface area (Å²) < 4.78 is 18.1. The van der Waals surface area contributed by atoms with Crippen LogP contribution in [0.15, 0.2) is 15.9 Å². The number of likely N-dealkylation sites (tertiary alicyclic amines) is 1. The normalized spacial score (nSPS) is 20.9. The molecule has 1 aromatic heterocycles. The molecule has 0 N–H and O–H groups in total. The molecule has 1 fully saturated rings. The lowest BCUT2D eigenvalue weighted by molar-refractivity contribution is 0.0289. The number of hydrogen-bond donors (Lipinski definition) is 0. The summed E-state index contributed by atoms with van der Waals surface area (Å²) in [6, 6.07) is 0. The monoisotopic (exact) mass is 316 g/mol. The molecule has 0 radical (unpaired) electrons. The van der Waals surface area contributed by atoms with E-state index in [0.717, 1.165) is 6.42 Å². The fourth-order valence-electron chi connectivity index (χ4n) is 2.07. The van der Waals surface area contributed by atoms with Crippen molar-refractivity contribution in [2.24, 2.45) is 5.92 Å². The van der Waals surface area contributed by atoms with Crippen LogP contribution in [0.2, 0.25) is 0 Å². The van der Waals surface area contributed by atoms with Gasteiger partial charge in [-0.25, -0.2) is 9.78 Å². The molecule has 20 heavy (non-hydrogen) atoms. The van der Waals surface area contributed by atoms with Crippen LogP contribution in [0.3, 0.4) is 0 Å². The molecule has 1 aliphatic rings. The summed E-state index contributed by atoms with van der Waals surface area (Å²) in [4.78, 5) is 17.7. The molecule has 0 unspecified atom stereocenters. The second-order valence-electron chi connectivity index (χ2n) is 5.89. The van der Waals surface area contributed by atoms with E-state index in [4.69, 9.17) is 4.74 Å². The molecule has 1 amide bonds. The lowest BCUT2D eigenvalue weighted by Gasteiger charge is -2.24. The van der Waals surface area contributed by atoms with Crippen molar-refractivity contribution in [2.75, 3.05) is 18.8 Å². The predicted molar refractivity (Wildman–Crippen MR) is 79.3 cm³/mol. The first-order valence-corrected chi connectivity index (χ1v) is 8.81. The van der Waals surface area contributed by atoms with Crippen LogP contribution in [-0.4, -0.2) is 44.6 Å². The lowest BCUT2D eigenvalue weighted by atomic mass is 10.2. The molecule has 2 heterocycles. The van der Waals surface area contributed by atoms with Crippen LogP contribution in [0.1, 0.15) is 27.2 Å². The summed E-state index contributed by atoms with van der Waals surface area (Å²) >= 11 is 1.41.